The highest BCUT2D eigenvalue weighted by Gasteiger charge is 2.39. The zero-order valence-electron chi connectivity index (χ0n) is 15.0. The summed E-state index contributed by atoms with van der Waals surface area (Å²) in [6.07, 6.45) is 6.70. The first-order valence-corrected chi connectivity index (χ1v) is 9.36. The van der Waals surface area contributed by atoms with Gasteiger partial charge in [0, 0.05) is 20.2 Å². The van der Waals surface area contributed by atoms with Gasteiger partial charge in [0.25, 0.3) is 0 Å². The third kappa shape index (κ3) is 5.73. The number of ether oxygens (including phenoxy) is 1. The molecule has 2 aliphatic heterocycles. The molecule has 134 valence electrons. The molecule has 2 fully saturated rings. The van der Waals surface area contributed by atoms with Crippen LogP contribution in [0.5, 0.6) is 0 Å². The fourth-order valence-corrected chi connectivity index (χ4v) is 3.96. The number of nitrogens with one attached hydrogen (secondary N) is 2. The highest BCUT2D eigenvalue weighted by Crippen LogP contribution is 2.29. The van der Waals surface area contributed by atoms with Crippen molar-refractivity contribution in [2.24, 2.45) is 11.3 Å². The number of carbonyl (C=O) groups excluding carboxylic acids is 1. The van der Waals surface area contributed by atoms with E-state index in [1.165, 1.54) is 38.9 Å². The van der Waals surface area contributed by atoms with Crippen LogP contribution in [0.1, 0.15) is 45.4 Å². The molecular formula is C18H35N3O2. The van der Waals surface area contributed by atoms with Crippen LogP contribution >= 0.6 is 0 Å². The average molecular weight is 325 g/mol. The summed E-state index contributed by atoms with van der Waals surface area (Å²) in [6, 6.07) is 0. The fraction of sp³-hybridized carbons (Fsp3) is 0.944. The third-order valence-electron chi connectivity index (χ3n) is 5.39. The fourth-order valence-electron chi connectivity index (χ4n) is 3.96. The molecule has 0 aliphatic carbocycles. The Morgan fingerprint density at radius 2 is 2.13 bits per heavy atom. The average Bonchev–Trinajstić information content (AvgIpc) is 2.55. The minimum atomic E-state index is -0.317. The van der Waals surface area contributed by atoms with Crippen LogP contribution in [0, 0.1) is 11.3 Å². The number of nitrogens with zero attached hydrogens (tertiary/aromatic N) is 1. The first-order valence-electron chi connectivity index (χ1n) is 9.36. The number of hydrogen-bond donors (Lipinski definition) is 2. The molecule has 0 aromatic heterocycles. The van der Waals surface area contributed by atoms with Crippen molar-refractivity contribution >= 4 is 5.91 Å². The van der Waals surface area contributed by atoms with Crippen LogP contribution in [0.25, 0.3) is 0 Å². The first-order chi connectivity index (χ1) is 11.2. The number of hydrogen-bond acceptors (Lipinski definition) is 4. The van der Waals surface area contributed by atoms with Crippen molar-refractivity contribution in [3.8, 4) is 0 Å². The lowest BCUT2D eigenvalue weighted by atomic mass is 9.78. The molecule has 2 N–H and O–H groups in total. The molecule has 2 aliphatic rings. The van der Waals surface area contributed by atoms with Crippen LogP contribution in [0.4, 0.5) is 0 Å². The second kappa shape index (κ2) is 9.60. The standard InChI is InChI=1S/C18H35N3O2/c1-16-6-5-13-21(14-16)12-4-3-9-20-17(22)18(15-23-2)7-10-19-11-8-18/h16,19H,3-15H2,1-2H3,(H,20,22). The van der Waals surface area contributed by atoms with Crippen molar-refractivity contribution in [3.05, 3.63) is 0 Å². The van der Waals surface area contributed by atoms with Crippen LogP contribution in [-0.2, 0) is 9.53 Å². The van der Waals surface area contributed by atoms with Crippen LogP contribution in [0.15, 0.2) is 0 Å². The topological polar surface area (TPSA) is 53.6 Å². The Kier molecular flexibility index (Phi) is 7.80. The van der Waals surface area contributed by atoms with Crippen LogP contribution in [-0.4, -0.2) is 63.8 Å². The van der Waals surface area contributed by atoms with E-state index in [4.69, 9.17) is 4.74 Å². The van der Waals surface area contributed by atoms with Crippen molar-refractivity contribution < 1.29 is 9.53 Å². The van der Waals surface area contributed by atoms with Crippen molar-refractivity contribution in [2.75, 3.05) is 53.0 Å². The summed E-state index contributed by atoms with van der Waals surface area (Å²) < 4.78 is 5.33. The lowest BCUT2D eigenvalue weighted by Gasteiger charge is -2.35. The van der Waals surface area contributed by atoms with E-state index in [1.54, 1.807) is 7.11 Å². The van der Waals surface area contributed by atoms with E-state index in [1.807, 2.05) is 0 Å². The molecule has 1 amide bonds. The van der Waals surface area contributed by atoms with Crippen molar-refractivity contribution in [1.82, 2.24) is 15.5 Å². The number of unbranched alkanes of at least 4 members (excludes halogenated alkanes) is 1. The Labute approximate surface area is 141 Å². The zero-order chi connectivity index (χ0) is 16.5. The van der Waals surface area contributed by atoms with Crippen LogP contribution in [0.2, 0.25) is 0 Å². The van der Waals surface area contributed by atoms with E-state index >= 15 is 0 Å². The molecule has 1 unspecified atom stereocenters. The van der Waals surface area contributed by atoms with Crippen molar-refractivity contribution in [2.45, 2.75) is 45.4 Å². The van der Waals surface area contributed by atoms with E-state index < -0.39 is 0 Å². The third-order valence-corrected chi connectivity index (χ3v) is 5.39. The second-order valence-corrected chi connectivity index (χ2v) is 7.47. The van der Waals surface area contributed by atoms with E-state index in [2.05, 4.69) is 22.5 Å². The zero-order valence-corrected chi connectivity index (χ0v) is 15.0. The van der Waals surface area contributed by atoms with Crippen LogP contribution in [0.3, 0.4) is 0 Å². The number of piperidine rings is 2. The van der Waals surface area contributed by atoms with Gasteiger partial charge in [0.05, 0.1) is 12.0 Å². The van der Waals surface area contributed by atoms with Crippen molar-refractivity contribution in [1.29, 1.82) is 0 Å². The van der Waals surface area contributed by atoms with E-state index in [-0.39, 0.29) is 11.3 Å². The lowest BCUT2D eigenvalue weighted by Crippen LogP contribution is -2.50. The molecule has 0 spiro atoms. The van der Waals surface area contributed by atoms with Gasteiger partial charge in [-0.2, -0.15) is 0 Å². The summed E-state index contributed by atoms with van der Waals surface area (Å²) >= 11 is 0. The summed E-state index contributed by atoms with van der Waals surface area (Å²) in [5.74, 6) is 1.03. The van der Waals surface area contributed by atoms with Gasteiger partial charge in [0.15, 0.2) is 0 Å². The van der Waals surface area contributed by atoms with Crippen molar-refractivity contribution in [3.63, 3.8) is 0 Å². The van der Waals surface area contributed by atoms with E-state index in [9.17, 15) is 4.79 Å². The normalized spacial score (nSPS) is 25.2. The van der Waals surface area contributed by atoms with Gasteiger partial charge >= 0.3 is 0 Å². The van der Waals surface area contributed by atoms with Gasteiger partial charge in [0.2, 0.25) is 5.91 Å². The minimum Gasteiger partial charge on any atom is -0.384 e. The van der Waals surface area contributed by atoms with Gasteiger partial charge in [-0.15, -0.1) is 0 Å². The predicted octanol–water partition coefficient (Wildman–Crippen LogP) is 1.63. The Bertz CT molecular complexity index is 351. The summed E-state index contributed by atoms with van der Waals surface area (Å²) in [6.45, 7) is 9.16. The monoisotopic (exact) mass is 325 g/mol. The molecule has 2 rings (SSSR count). The number of amides is 1. The van der Waals surface area contributed by atoms with Gasteiger partial charge < -0.3 is 20.3 Å². The number of methoxy groups -OCH3 is 1. The molecule has 0 aromatic rings. The number of likely N-dealkylation sites (tertiary alicyclic amines) is 1. The largest absolute Gasteiger partial charge is 0.384 e. The minimum absolute atomic E-state index is 0.187. The quantitative estimate of drug-likeness (QED) is 0.666. The highest BCUT2D eigenvalue weighted by atomic mass is 16.5. The first kappa shape index (κ1) is 18.7. The molecule has 0 radical (unpaired) electrons. The lowest BCUT2D eigenvalue weighted by molar-refractivity contribution is -0.136. The van der Waals surface area contributed by atoms with Gasteiger partial charge in [-0.3, -0.25) is 4.79 Å². The maximum absolute atomic E-state index is 12.6. The maximum Gasteiger partial charge on any atom is 0.228 e. The second-order valence-electron chi connectivity index (χ2n) is 7.47. The highest BCUT2D eigenvalue weighted by molar-refractivity contribution is 5.82. The Morgan fingerprint density at radius 1 is 1.35 bits per heavy atom. The maximum atomic E-state index is 12.6. The Hall–Kier alpha value is -0.650. The summed E-state index contributed by atoms with van der Waals surface area (Å²) in [5.41, 5.74) is -0.317. The predicted molar refractivity (Wildman–Crippen MR) is 93.5 cm³/mol. The van der Waals surface area contributed by atoms with Crippen LogP contribution < -0.4 is 10.6 Å². The van der Waals surface area contributed by atoms with E-state index in [0.717, 1.165) is 44.8 Å². The molecular weight excluding hydrogens is 290 g/mol. The molecule has 0 saturated carbocycles. The van der Waals surface area contributed by atoms with E-state index in [0.29, 0.717) is 6.61 Å². The summed E-state index contributed by atoms with van der Waals surface area (Å²) in [4.78, 5) is 15.2. The SMILES string of the molecule is COCC1(C(=O)NCCCCN2CCCC(C)C2)CCNCC1. The summed E-state index contributed by atoms with van der Waals surface area (Å²) in [7, 11) is 1.69. The molecule has 2 heterocycles. The smallest absolute Gasteiger partial charge is 0.228 e. The molecule has 2 saturated heterocycles. The Morgan fingerprint density at radius 3 is 2.83 bits per heavy atom. The summed E-state index contributed by atoms with van der Waals surface area (Å²) in [5, 5.41) is 6.49. The molecule has 0 bridgehead atoms. The molecule has 5 heteroatoms. The molecule has 0 aromatic carbocycles. The molecule has 23 heavy (non-hydrogen) atoms. The molecule has 5 nitrogen and oxygen atoms in total. The molecule has 1 atom stereocenters. The van der Waals surface area contributed by atoms with Gasteiger partial charge in [-0.1, -0.05) is 6.92 Å². The van der Waals surface area contributed by atoms with Gasteiger partial charge in [-0.05, 0) is 70.6 Å². The Balaban J connectivity index is 1.63. The van der Waals surface area contributed by atoms with Gasteiger partial charge in [0.1, 0.15) is 0 Å². The number of rotatable bonds is 8. The number of carbonyl (C=O) groups is 1. The van der Waals surface area contributed by atoms with Gasteiger partial charge in [-0.25, -0.2) is 0 Å².